The Morgan fingerprint density at radius 1 is 0.969 bits per heavy atom. The molecular weight excluding hydrogens is 402 g/mol. The van der Waals surface area contributed by atoms with Gasteiger partial charge < -0.3 is 14.8 Å². The topological polar surface area (TPSA) is 73.6 Å². The first-order chi connectivity index (χ1) is 15.7. The normalized spacial score (nSPS) is 13.1. The summed E-state index contributed by atoms with van der Waals surface area (Å²) in [6.07, 6.45) is 4.25. The maximum absolute atomic E-state index is 5.56. The van der Waals surface area contributed by atoms with Crippen LogP contribution in [0.25, 0.3) is 17.2 Å². The molecule has 1 aliphatic rings. The number of anilines is 1. The lowest BCUT2D eigenvalue weighted by Crippen LogP contribution is -2.15. The molecule has 2 aromatic heterocycles. The molecule has 1 N–H and O–H groups in total. The van der Waals surface area contributed by atoms with Gasteiger partial charge in [0.15, 0.2) is 5.82 Å². The second-order valence-corrected chi connectivity index (χ2v) is 8.14. The van der Waals surface area contributed by atoms with Crippen LogP contribution in [0.5, 0.6) is 11.5 Å². The van der Waals surface area contributed by atoms with Crippen molar-refractivity contribution in [1.29, 1.82) is 0 Å². The fourth-order valence-electron chi connectivity index (χ4n) is 4.25. The van der Waals surface area contributed by atoms with E-state index in [0.717, 1.165) is 59.8 Å². The summed E-state index contributed by atoms with van der Waals surface area (Å²) in [7, 11) is 3.35. The zero-order valence-electron chi connectivity index (χ0n) is 18.7. The highest BCUT2D eigenvalue weighted by molar-refractivity contribution is 5.61. The zero-order valence-corrected chi connectivity index (χ0v) is 18.7. The lowest BCUT2D eigenvalue weighted by molar-refractivity contribution is 0.399. The van der Waals surface area contributed by atoms with Gasteiger partial charge in [0.1, 0.15) is 17.3 Å². The van der Waals surface area contributed by atoms with Crippen molar-refractivity contribution in [2.24, 2.45) is 0 Å². The van der Waals surface area contributed by atoms with Gasteiger partial charge in [0, 0.05) is 23.2 Å². The summed E-state index contributed by atoms with van der Waals surface area (Å²) >= 11 is 0. The molecule has 32 heavy (non-hydrogen) atoms. The number of hydrogen-bond acceptors (Lipinski definition) is 6. The van der Waals surface area contributed by atoms with Gasteiger partial charge in [-0.1, -0.05) is 29.8 Å². The van der Waals surface area contributed by atoms with Gasteiger partial charge >= 0.3 is 0 Å². The van der Waals surface area contributed by atoms with E-state index in [4.69, 9.17) is 24.5 Å². The molecule has 0 saturated carbocycles. The van der Waals surface area contributed by atoms with E-state index in [0.29, 0.717) is 18.1 Å². The van der Waals surface area contributed by atoms with E-state index < -0.39 is 0 Å². The SMILES string of the molecule is COc1ccc(OC)c(CNc2c3c(nc4nc(-c5ccc(C)cc5)nn24)CCCC3)c1. The second-order valence-electron chi connectivity index (χ2n) is 8.14. The summed E-state index contributed by atoms with van der Waals surface area (Å²) in [6.45, 7) is 2.65. The summed E-state index contributed by atoms with van der Waals surface area (Å²) in [4.78, 5) is 9.61. The van der Waals surface area contributed by atoms with Crippen molar-refractivity contribution in [1.82, 2.24) is 19.6 Å². The quantitative estimate of drug-likeness (QED) is 0.483. The van der Waals surface area contributed by atoms with E-state index in [2.05, 4.69) is 36.5 Å². The highest BCUT2D eigenvalue weighted by Gasteiger charge is 2.21. The monoisotopic (exact) mass is 429 g/mol. The Labute approximate surface area is 187 Å². The molecule has 0 radical (unpaired) electrons. The van der Waals surface area contributed by atoms with Crippen molar-refractivity contribution in [2.75, 3.05) is 19.5 Å². The maximum Gasteiger partial charge on any atom is 0.254 e. The van der Waals surface area contributed by atoms with E-state index in [1.54, 1.807) is 14.2 Å². The van der Waals surface area contributed by atoms with Crippen LogP contribution in [-0.2, 0) is 19.4 Å². The van der Waals surface area contributed by atoms with Crippen LogP contribution in [-0.4, -0.2) is 33.8 Å². The van der Waals surface area contributed by atoms with E-state index >= 15 is 0 Å². The molecule has 0 bridgehead atoms. The number of nitrogens with zero attached hydrogens (tertiary/aromatic N) is 4. The van der Waals surface area contributed by atoms with Gasteiger partial charge in [0.2, 0.25) is 0 Å². The van der Waals surface area contributed by atoms with Gasteiger partial charge in [-0.05, 0) is 50.8 Å². The lowest BCUT2D eigenvalue weighted by Gasteiger charge is -2.20. The number of fused-ring (bicyclic) bond motifs is 2. The number of rotatable bonds is 6. The van der Waals surface area contributed by atoms with Gasteiger partial charge in [0.25, 0.3) is 5.78 Å². The van der Waals surface area contributed by atoms with Crippen molar-refractivity contribution in [2.45, 2.75) is 39.2 Å². The van der Waals surface area contributed by atoms with Crippen molar-refractivity contribution in [3.05, 3.63) is 64.8 Å². The van der Waals surface area contributed by atoms with E-state index in [1.165, 1.54) is 11.1 Å². The van der Waals surface area contributed by atoms with E-state index in [-0.39, 0.29) is 0 Å². The Morgan fingerprint density at radius 3 is 2.56 bits per heavy atom. The number of methoxy groups -OCH3 is 2. The molecule has 164 valence electrons. The van der Waals surface area contributed by atoms with Crippen LogP contribution in [0.2, 0.25) is 0 Å². The zero-order chi connectivity index (χ0) is 22.1. The van der Waals surface area contributed by atoms with Gasteiger partial charge in [-0.25, -0.2) is 4.98 Å². The maximum atomic E-state index is 5.56. The summed E-state index contributed by atoms with van der Waals surface area (Å²) < 4.78 is 12.8. The third-order valence-electron chi connectivity index (χ3n) is 6.00. The van der Waals surface area contributed by atoms with Crippen LogP contribution in [0, 0.1) is 6.92 Å². The molecule has 0 spiro atoms. The molecule has 0 atom stereocenters. The molecule has 1 aliphatic carbocycles. The van der Waals surface area contributed by atoms with Crippen LogP contribution >= 0.6 is 0 Å². The molecule has 2 aromatic carbocycles. The Hall–Kier alpha value is -3.61. The minimum absolute atomic E-state index is 0.575. The molecule has 4 aromatic rings. The third kappa shape index (κ3) is 3.75. The molecule has 0 fully saturated rings. The molecule has 7 heteroatoms. The van der Waals surface area contributed by atoms with Crippen LogP contribution in [0.1, 0.15) is 35.2 Å². The molecule has 0 amide bonds. The highest BCUT2D eigenvalue weighted by atomic mass is 16.5. The Kier molecular flexibility index (Phi) is 5.39. The standard InChI is InChI=1S/C25H27N5O2/c1-16-8-10-17(11-9-16)23-28-25-27-21-7-5-4-6-20(21)24(30(25)29-23)26-15-18-14-19(31-2)12-13-22(18)32-3/h8-14,26H,4-7,15H2,1-3H3. The molecule has 0 aliphatic heterocycles. The van der Waals surface area contributed by atoms with Crippen molar-refractivity contribution in [3.63, 3.8) is 0 Å². The van der Waals surface area contributed by atoms with Crippen LogP contribution < -0.4 is 14.8 Å². The molecule has 2 heterocycles. The van der Waals surface area contributed by atoms with Gasteiger partial charge in [-0.2, -0.15) is 9.50 Å². The Bertz CT molecular complexity index is 1260. The summed E-state index contributed by atoms with van der Waals surface area (Å²) in [5.41, 5.74) is 5.55. The molecule has 7 nitrogen and oxygen atoms in total. The van der Waals surface area contributed by atoms with Crippen LogP contribution in [0.3, 0.4) is 0 Å². The smallest absolute Gasteiger partial charge is 0.254 e. The highest BCUT2D eigenvalue weighted by Crippen LogP contribution is 2.30. The number of benzene rings is 2. The van der Waals surface area contributed by atoms with Crippen LogP contribution in [0.15, 0.2) is 42.5 Å². The predicted octanol–water partition coefficient (Wildman–Crippen LogP) is 4.61. The first kappa shape index (κ1) is 20.3. The van der Waals surface area contributed by atoms with Crippen molar-refractivity contribution < 1.29 is 9.47 Å². The first-order valence-corrected chi connectivity index (χ1v) is 11.0. The van der Waals surface area contributed by atoms with Crippen molar-refractivity contribution >= 4 is 11.6 Å². The van der Waals surface area contributed by atoms with E-state index in [1.807, 2.05) is 22.7 Å². The number of aromatic nitrogens is 4. The Balaban J connectivity index is 1.57. The fourth-order valence-corrected chi connectivity index (χ4v) is 4.25. The third-order valence-corrected chi connectivity index (χ3v) is 6.00. The molecular formula is C25H27N5O2. The van der Waals surface area contributed by atoms with Crippen molar-refractivity contribution in [3.8, 4) is 22.9 Å². The van der Waals surface area contributed by atoms with Crippen LogP contribution in [0.4, 0.5) is 5.82 Å². The van der Waals surface area contributed by atoms with Gasteiger partial charge in [-0.15, -0.1) is 5.10 Å². The molecule has 0 saturated heterocycles. The number of nitrogens with one attached hydrogen (secondary N) is 1. The predicted molar refractivity (Wildman–Crippen MR) is 124 cm³/mol. The minimum atomic E-state index is 0.575. The molecule has 0 unspecified atom stereocenters. The number of hydrogen-bond donors (Lipinski definition) is 1. The summed E-state index contributed by atoms with van der Waals surface area (Å²) in [6, 6.07) is 14.1. The fraction of sp³-hybridized carbons (Fsp3) is 0.320. The second kappa shape index (κ2) is 8.49. The number of aryl methyl sites for hydroxylation is 2. The Morgan fingerprint density at radius 2 is 1.78 bits per heavy atom. The summed E-state index contributed by atoms with van der Waals surface area (Å²) in [5, 5.41) is 8.45. The van der Waals surface area contributed by atoms with E-state index in [9.17, 15) is 0 Å². The largest absolute Gasteiger partial charge is 0.497 e. The average molecular weight is 430 g/mol. The van der Waals surface area contributed by atoms with Gasteiger partial charge in [-0.3, -0.25) is 0 Å². The summed E-state index contributed by atoms with van der Waals surface area (Å²) in [5.74, 6) is 3.88. The molecule has 5 rings (SSSR count). The first-order valence-electron chi connectivity index (χ1n) is 11.0. The number of ether oxygens (including phenoxy) is 2. The van der Waals surface area contributed by atoms with Gasteiger partial charge in [0.05, 0.1) is 19.9 Å². The average Bonchev–Trinajstić information content (AvgIpc) is 3.25. The lowest BCUT2D eigenvalue weighted by atomic mass is 9.96. The minimum Gasteiger partial charge on any atom is -0.497 e.